The molecule has 2 aromatic rings. The molecule has 1 heterocycles. The lowest BCUT2D eigenvalue weighted by molar-refractivity contribution is -0.137. The summed E-state index contributed by atoms with van der Waals surface area (Å²) in [5, 5.41) is 11.6. The second-order valence-corrected chi connectivity index (χ2v) is 6.08. The summed E-state index contributed by atoms with van der Waals surface area (Å²) in [6.07, 6.45) is -1.46. The Morgan fingerprint density at radius 1 is 1.15 bits per heavy atom. The van der Waals surface area contributed by atoms with Crippen LogP contribution in [0, 0.1) is 11.3 Å². The number of alkyl halides is 3. The van der Waals surface area contributed by atoms with E-state index in [1.54, 1.807) is 11.0 Å². The van der Waals surface area contributed by atoms with Gasteiger partial charge in [-0.15, -0.1) is 0 Å². The number of carbonyl (C=O) groups excluding carboxylic acids is 1. The van der Waals surface area contributed by atoms with Gasteiger partial charge >= 0.3 is 6.18 Å². The maximum atomic E-state index is 13.1. The highest BCUT2D eigenvalue weighted by Crippen LogP contribution is 2.34. The molecule has 0 aromatic heterocycles. The first-order chi connectivity index (χ1) is 12.9. The van der Waals surface area contributed by atoms with Gasteiger partial charge < -0.3 is 10.2 Å². The Balaban J connectivity index is 1.87. The Morgan fingerprint density at radius 3 is 2.59 bits per heavy atom. The third-order valence-corrected chi connectivity index (χ3v) is 4.28. The fraction of sp³-hybridized carbons (Fsp3) is 0.200. The molecule has 7 heteroatoms. The number of benzene rings is 2. The Kier molecular flexibility index (Phi) is 5.17. The number of aryl methyl sites for hydroxylation is 1. The molecule has 0 aliphatic carbocycles. The number of rotatable bonds is 3. The minimum absolute atomic E-state index is 0.260. The highest BCUT2D eigenvalue weighted by molar-refractivity contribution is 6.07. The van der Waals surface area contributed by atoms with Crippen molar-refractivity contribution in [1.29, 1.82) is 5.26 Å². The average molecular weight is 371 g/mol. The third-order valence-electron chi connectivity index (χ3n) is 4.28. The van der Waals surface area contributed by atoms with Crippen molar-refractivity contribution in [2.75, 3.05) is 16.8 Å². The highest BCUT2D eigenvalue weighted by Gasteiger charge is 2.33. The number of halogens is 3. The molecular formula is C20H16F3N3O. The molecule has 3 rings (SSSR count). The lowest BCUT2D eigenvalue weighted by Gasteiger charge is -2.28. The number of nitrogens with zero attached hydrogens (tertiary/aromatic N) is 2. The van der Waals surface area contributed by atoms with Crippen LogP contribution in [0.1, 0.15) is 17.5 Å². The van der Waals surface area contributed by atoms with Crippen molar-refractivity contribution in [1.82, 2.24) is 0 Å². The van der Waals surface area contributed by atoms with E-state index in [-0.39, 0.29) is 11.3 Å². The van der Waals surface area contributed by atoms with E-state index < -0.39 is 17.6 Å². The first-order valence-electron chi connectivity index (χ1n) is 8.34. The van der Waals surface area contributed by atoms with Gasteiger partial charge in [-0.3, -0.25) is 4.79 Å². The van der Waals surface area contributed by atoms with Crippen LogP contribution >= 0.6 is 0 Å². The summed E-state index contributed by atoms with van der Waals surface area (Å²) in [6.45, 7) is 0.620. The summed E-state index contributed by atoms with van der Waals surface area (Å²) in [6, 6.07) is 14.1. The molecule has 2 aromatic carbocycles. The maximum Gasteiger partial charge on any atom is 0.418 e. The van der Waals surface area contributed by atoms with Gasteiger partial charge in [0.05, 0.1) is 11.3 Å². The molecule has 138 valence electrons. The molecule has 1 amide bonds. The number of hydrogen-bond acceptors (Lipinski definition) is 3. The number of amides is 1. The number of nitrogens with one attached hydrogen (secondary N) is 1. The zero-order valence-corrected chi connectivity index (χ0v) is 14.3. The van der Waals surface area contributed by atoms with Crippen LogP contribution in [0.4, 0.5) is 24.5 Å². The van der Waals surface area contributed by atoms with Gasteiger partial charge in [0.25, 0.3) is 5.91 Å². The van der Waals surface area contributed by atoms with Gasteiger partial charge in [0, 0.05) is 18.4 Å². The molecule has 0 fully saturated rings. The van der Waals surface area contributed by atoms with Crippen molar-refractivity contribution in [2.24, 2.45) is 0 Å². The van der Waals surface area contributed by atoms with Crippen molar-refractivity contribution in [3.8, 4) is 6.07 Å². The van der Waals surface area contributed by atoms with Crippen LogP contribution in [0.2, 0.25) is 0 Å². The minimum Gasteiger partial charge on any atom is -0.346 e. The van der Waals surface area contributed by atoms with Gasteiger partial charge in [0.2, 0.25) is 0 Å². The van der Waals surface area contributed by atoms with Crippen LogP contribution in [0.25, 0.3) is 0 Å². The maximum absolute atomic E-state index is 13.1. The molecule has 0 unspecified atom stereocenters. The predicted octanol–water partition coefficient (Wildman–Crippen LogP) is 4.50. The number of fused-ring (bicyclic) bond motifs is 1. The zero-order valence-electron chi connectivity index (χ0n) is 14.3. The Labute approximate surface area is 154 Å². The lowest BCUT2D eigenvalue weighted by Crippen LogP contribution is -2.26. The van der Waals surface area contributed by atoms with Crippen molar-refractivity contribution in [3.63, 3.8) is 0 Å². The second kappa shape index (κ2) is 7.54. The van der Waals surface area contributed by atoms with E-state index >= 15 is 0 Å². The smallest absolute Gasteiger partial charge is 0.346 e. The lowest BCUT2D eigenvalue weighted by atomic mass is 10.0. The summed E-state index contributed by atoms with van der Waals surface area (Å²) in [7, 11) is 0. The predicted molar refractivity (Wildman–Crippen MR) is 95.9 cm³/mol. The van der Waals surface area contributed by atoms with E-state index in [4.69, 9.17) is 0 Å². The van der Waals surface area contributed by atoms with E-state index in [0.717, 1.165) is 36.2 Å². The quantitative estimate of drug-likeness (QED) is 0.638. The molecule has 1 N–H and O–H groups in total. The van der Waals surface area contributed by atoms with Gasteiger partial charge in [-0.1, -0.05) is 30.3 Å². The zero-order chi connectivity index (χ0) is 19.4. The second-order valence-electron chi connectivity index (χ2n) is 6.08. The van der Waals surface area contributed by atoms with E-state index in [2.05, 4.69) is 5.32 Å². The summed E-state index contributed by atoms with van der Waals surface area (Å²) < 4.78 is 39.2. The van der Waals surface area contributed by atoms with E-state index in [9.17, 15) is 23.2 Å². The molecule has 0 radical (unpaired) electrons. The molecule has 0 saturated carbocycles. The first-order valence-corrected chi connectivity index (χ1v) is 8.34. The molecule has 0 atom stereocenters. The van der Waals surface area contributed by atoms with E-state index in [1.165, 1.54) is 18.3 Å². The van der Waals surface area contributed by atoms with Gasteiger partial charge in [-0.2, -0.15) is 18.4 Å². The van der Waals surface area contributed by atoms with Crippen LogP contribution in [0.3, 0.4) is 0 Å². The van der Waals surface area contributed by atoms with Gasteiger partial charge in [0.15, 0.2) is 0 Å². The fourth-order valence-electron chi connectivity index (χ4n) is 3.02. The Hall–Kier alpha value is -3.27. The van der Waals surface area contributed by atoms with Crippen LogP contribution < -0.4 is 10.2 Å². The fourth-order valence-corrected chi connectivity index (χ4v) is 3.02. The normalized spacial score (nSPS) is 14.3. The average Bonchev–Trinajstić information content (AvgIpc) is 2.65. The topological polar surface area (TPSA) is 56.1 Å². The molecule has 0 saturated heterocycles. The largest absolute Gasteiger partial charge is 0.418 e. The standard InChI is InChI=1S/C20H16F3N3O/c21-20(22,23)16-8-2-3-9-17(16)25-19(27)15(12-24)13-26-11-5-7-14-6-1-4-10-18(14)26/h1-4,6,8-10,13H,5,7,11H2,(H,25,27)/b15-13-. The van der Waals surface area contributed by atoms with Gasteiger partial charge in [-0.25, -0.2) is 0 Å². The summed E-state index contributed by atoms with van der Waals surface area (Å²) >= 11 is 0. The number of anilines is 2. The van der Waals surface area contributed by atoms with Crippen LogP contribution in [-0.4, -0.2) is 12.5 Å². The number of nitriles is 1. The highest BCUT2D eigenvalue weighted by atomic mass is 19.4. The number of para-hydroxylation sites is 2. The summed E-state index contributed by atoms with van der Waals surface area (Å²) in [4.78, 5) is 14.2. The molecule has 1 aliphatic rings. The monoisotopic (exact) mass is 371 g/mol. The molecule has 1 aliphatic heterocycles. The van der Waals surface area contributed by atoms with E-state index in [0.29, 0.717) is 6.54 Å². The molecule has 27 heavy (non-hydrogen) atoms. The van der Waals surface area contributed by atoms with Crippen LogP contribution in [0.5, 0.6) is 0 Å². The number of hydrogen-bond donors (Lipinski definition) is 1. The van der Waals surface area contributed by atoms with Crippen molar-refractivity contribution in [2.45, 2.75) is 19.0 Å². The van der Waals surface area contributed by atoms with Gasteiger partial charge in [0.1, 0.15) is 11.6 Å². The summed E-state index contributed by atoms with van der Waals surface area (Å²) in [5.41, 5.74) is 0.387. The van der Waals surface area contributed by atoms with E-state index in [1.807, 2.05) is 24.3 Å². The third kappa shape index (κ3) is 4.11. The molecule has 4 nitrogen and oxygen atoms in total. The SMILES string of the molecule is N#C/C(=C/N1CCCc2ccccc21)C(=O)Nc1ccccc1C(F)(F)F. The van der Waals surface area contributed by atoms with Crippen molar-refractivity contribution >= 4 is 17.3 Å². The molecule has 0 spiro atoms. The number of carbonyl (C=O) groups is 1. The minimum atomic E-state index is -4.60. The van der Waals surface area contributed by atoms with Gasteiger partial charge in [-0.05, 0) is 36.6 Å². The summed E-state index contributed by atoms with van der Waals surface area (Å²) in [5.74, 6) is -0.878. The molecular weight excluding hydrogens is 355 g/mol. The Bertz CT molecular complexity index is 929. The van der Waals surface area contributed by atoms with Crippen molar-refractivity contribution in [3.05, 3.63) is 71.4 Å². The van der Waals surface area contributed by atoms with Crippen LogP contribution in [-0.2, 0) is 17.4 Å². The first kappa shape index (κ1) is 18.5. The van der Waals surface area contributed by atoms with Crippen LogP contribution in [0.15, 0.2) is 60.3 Å². The Morgan fingerprint density at radius 2 is 1.85 bits per heavy atom. The van der Waals surface area contributed by atoms with Crippen molar-refractivity contribution < 1.29 is 18.0 Å². The molecule has 0 bridgehead atoms.